The van der Waals surface area contributed by atoms with Crippen molar-refractivity contribution >= 4 is 11.8 Å². The number of rotatable bonds is 30. The van der Waals surface area contributed by atoms with Crippen LogP contribution in [0.25, 0.3) is 0 Å². The van der Waals surface area contributed by atoms with Crippen LogP contribution < -0.4 is 10.6 Å². The summed E-state index contributed by atoms with van der Waals surface area (Å²) in [5.41, 5.74) is 0. The molecule has 0 rings (SSSR count). The maximum Gasteiger partial charge on any atom is 0.222 e. The van der Waals surface area contributed by atoms with Crippen molar-refractivity contribution in [1.82, 2.24) is 10.6 Å². The highest BCUT2D eigenvalue weighted by Gasteiger charge is 2.12. The summed E-state index contributed by atoms with van der Waals surface area (Å²) in [7, 11) is 0. The van der Waals surface area contributed by atoms with Gasteiger partial charge in [-0.05, 0) is 25.7 Å². The van der Waals surface area contributed by atoms with Crippen LogP contribution in [0.1, 0.15) is 188 Å². The van der Waals surface area contributed by atoms with E-state index in [1.165, 1.54) is 135 Å². The Morgan fingerprint density at radius 3 is 0.974 bits per heavy atom. The third kappa shape index (κ3) is 26.9. The second-order valence-electron chi connectivity index (χ2n) is 12.4. The molecule has 232 valence electrons. The van der Waals surface area contributed by atoms with Gasteiger partial charge in [0.2, 0.25) is 11.8 Å². The van der Waals surface area contributed by atoms with Crippen LogP contribution in [0.5, 0.6) is 0 Å². The van der Waals surface area contributed by atoms with E-state index in [4.69, 9.17) is 0 Å². The lowest BCUT2D eigenvalue weighted by Crippen LogP contribution is -2.30. The van der Waals surface area contributed by atoms with E-state index >= 15 is 0 Å². The molecule has 0 unspecified atom stereocenters. The minimum absolute atomic E-state index is 0.152. The molecule has 0 aromatic heterocycles. The topological polar surface area (TPSA) is 58.2 Å². The molecule has 2 N–H and O–H groups in total. The maximum atomic E-state index is 12.3. The lowest BCUT2D eigenvalue weighted by Gasteiger charge is -2.12. The van der Waals surface area contributed by atoms with Gasteiger partial charge in [0.05, 0.1) is 0 Å². The number of hydrogen-bond acceptors (Lipinski definition) is 2. The molecule has 39 heavy (non-hydrogen) atoms. The second kappa shape index (κ2) is 29.9. The van der Waals surface area contributed by atoms with Crippen molar-refractivity contribution in [2.75, 3.05) is 13.1 Å². The van der Waals surface area contributed by atoms with Crippen molar-refractivity contribution in [2.24, 2.45) is 11.8 Å². The Hall–Kier alpha value is -1.06. The second-order valence-corrected chi connectivity index (χ2v) is 12.4. The highest BCUT2D eigenvalue weighted by atomic mass is 16.2. The van der Waals surface area contributed by atoms with Crippen LogP contribution in [0.4, 0.5) is 0 Å². The molecule has 0 fully saturated rings. The molecule has 0 aromatic rings. The van der Waals surface area contributed by atoms with Gasteiger partial charge in [0, 0.05) is 24.9 Å². The molecule has 0 spiro atoms. The van der Waals surface area contributed by atoms with Gasteiger partial charge < -0.3 is 10.6 Å². The van der Waals surface area contributed by atoms with Crippen LogP contribution in [-0.2, 0) is 9.59 Å². The molecule has 0 heterocycles. The zero-order chi connectivity index (χ0) is 28.8. The zero-order valence-electron chi connectivity index (χ0n) is 27.1. The highest BCUT2D eigenvalue weighted by molar-refractivity contribution is 5.78. The van der Waals surface area contributed by atoms with Crippen molar-refractivity contribution in [3.63, 3.8) is 0 Å². The normalized spacial score (nSPS) is 12.8. The summed E-state index contributed by atoms with van der Waals surface area (Å²) in [6.07, 6.45) is 31.5. The van der Waals surface area contributed by atoms with Crippen molar-refractivity contribution in [3.05, 3.63) is 0 Å². The molecule has 0 saturated carbocycles. The van der Waals surface area contributed by atoms with Gasteiger partial charge in [-0.1, -0.05) is 163 Å². The first kappa shape index (κ1) is 37.9. The van der Waals surface area contributed by atoms with Crippen LogP contribution in [0, 0.1) is 11.8 Å². The fourth-order valence-corrected chi connectivity index (χ4v) is 5.34. The quantitative estimate of drug-likeness (QED) is 0.0874. The van der Waals surface area contributed by atoms with Crippen molar-refractivity contribution < 1.29 is 9.59 Å². The largest absolute Gasteiger partial charge is 0.356 e. The lowest BCUT2D eigenvalue weighted by atomic mass is 10.0. The van der Waals surface area contributed by atoms with Gasteiger partial charge >= 0.3 is 0 Å². The Kier molecular flexibility index (Phi) is 29.1. The summed E-state index contributed by atoms with van der Waals surface area (Å²) in [5, 5.41) is 6.29. The lowest BCUT2D eigenvalue weighted by molar-refractivity contribution is -0.125. The molecule has 0 aliphatic rings. The summed E-state index contributed by atoms with van der Waals surface area (Å²) in [5.74, 6) is 0.789. The average molecular weight is 551 g/mol. The van der Waals surface area contributed by atoms with E-state index in [1.807, 2.05) is 0 Å². The van der Waals surface area contributed by atoms with E-state index in [0.29, 0.717) is 0 Å². The van der Waals surface area contributed by atoms with Crippen molar-refractivity contribution in [1.29, 1.82) is 0 Å². The number of hydrogen-bond donors (Lipinski definition) is 2. The van der Waals surface area contributed by atoms with Gasteiger partial charge in [0.1, 0.15) is 0 Å². The van der Waals surface area contributed by atoms with Crippen molar-refractivity contribution in [2.45, 2.75) is 188 Å². The molecule has 2 atom stereocenters. The Bertz CT molecular complexity index is 491. The SMILES string of the molecule is CCCCCCCCCC[C@H](C)C(=O)NCCCCCCCCCNC(=O)[C@@H](C)CCCCCCCCCC. The van der Waals surface area contributed by atoms with E-state index in [2.05, 4.69) is 38.3 Å². The van der Waals surface area contributed by atoms with Gasteiger partial charge in [-0.3, -0.25) is 9.59 Å². The fourth-order valence-electron chi connectivity index (χ4n) is 5.34. The molecular formula is C35H70N2O2. The first-order valence-electron chi connectivity index (χ1n) is 17.6. The van der Waals surface area contributed by atoms with E-state index in [0.717, 1.165) is 38.8 Å². The minimum Gasteiger partial charge on any atom is -0.356 e. The summed E-state index contributed by atoms with van der Waals surface area (Å²) in [6, 6.07) is 0. The summed E-state index contributed by atoms with van der Waals surface area (Å²) < 4.78 is 0. The molecule has 0 aromatic carbocycles. The highest BCUT2D eigenvalue weighted by Crippen LogP contribution is 2.15. The number of carbonyl (C=O) groups is 2. The molecule has 4 heteroatoms. The van der Waals surface area contributed by atoms with Crippen LogP contribution in [0.3, 0.4) is 0 Å². The standard InChI is InChI=1S/C35H70N2O2/c1-5-7-9-11-13-16-20-24-28-32(3)34(38)36-30-26-22-18-15-19-23-27-31-37-35(39)33(4)29-25-21-17-14-12-10-8-6-2/h32-33H,5-31H2,1-4H3,(H,36,38)(H,37,39)/t32-,33-/m0/s1. The minimum atomic E-state index is 0.152. The third-order valence-electron chi connectivity index (χ3n) is 8.33. The van der Waals surface area contributed by atoms with Gasteiger partial charge in [-0.2, -0.15) is 0 Å². The third-order valence-corrected chi connectivity index (χ3v) is 8.33. The Labute approximate surface area is 245 Å². The molecule has 0 bridgehead atoms. The number of unbranched alkanes of at least 4 members (excludes halogenated alkanes) is 20. The van der Waals surface area contributed by atoms with Gasteiger partial charge in [0.15, 0.2) is 0 Å². The maximum absolute atomic E-state index is 12.3. The molecule has 0 radical (unpaired) electrons. The van der Waals surface area contributed by atoms with Crippen molar-refractivity contribution in [3.8, 4) is 0 Å². The molecule has 0 aliphatic carbocycles. The summed E-state index contributed by atoms with van der Waals surface area (Å²) in [6.45, 7) is 10.3. The van der Waals surface area contributed by atoms with Crippen LogP contribution in [-0.4, -0.2) is 24.9 Å². The number of carbonyl (C=O) groups excluding carboxylic acids is 2. The van der Waals surface area contributed by atoms with E-state index in [-0.39, 0.29) is 23.7 Å². The summed E-state index contributed by atoms with van der Waals surface area (Å²) >= 11 is 0. The predicted molar refractivity (Wildman–Crippen MR) is 171 cm³/mol. The molecule has 4 nitrogen and oxygen atoms in total. The van der Waals surface area contributed by atoms with Gasteiger partial charge in [-0.15, -0.1) is 0 Å². The number of amides is 2. The fraction of sp³-hybridized carbons (Fsp3) is 0.943. The van der Waals surface area contributed by atoms with Gasteiger partial charge in [-0.25, -0.2) is 0 Å². The first-order chi connectivity index (χ1) is 19.0. The van der Waals surface area contributed by atoms with E-state index in [9.17, 15) is 9.59 Å². The molecule has 0 aliphatic heterocycles. The Morgan fingerprint density at radius 2 is 0.667 bits per heavy atom. The molecular weight excluding hydrogens is 480 g/mol. The first-order valence-corrected chi connectivity index (χ1v) is 17.6. The van der Waals surface area contributed by atoms with Crippen LogP contribution >= 0.6 is 0 Å². The predicted octanol–water partition coefficient (Wildman–Crippen LogP) is 10.3. The average Bonchev–Trinajstić information content (AvgIpc) is 2.93. The van der Waals surface area contributed by atoms with E-state index in [1.54, 1.807) is 0 Å². The molecule has 2 amide bonds. The summed E-state index contributed by atoms with van der Waals surface area (Å²) in [4.78, 5) is 24.6. The van der Waals surface area contributed by atoms with Crippen LogP contribution in [0.2, 0.25) is 0 Å². The zero-order valence-corrected chi connectivity index (χ0v) is 27.1. The Balaban J connectivity index is 3.43. The monoisotopic (exact) mass is 551 g/mol. The molecule has 0 saturated heterocycles. The Morgan fingerprint density at radius 1 is 0.410 bits per heavy atom. The van der Waals surface area contributed by atoms with Crippen LogP contribution in [0.15, 0.2) is 0 Å². The number of nitrogens with one attached hydrogen (secondary N) is 2. The van der Waals surface area contributed by atoms with Gasteiger partial charge in [0.25, 0.3) is 0 Å². The smallest absolute Gasteiger partial charge is 0.222 e. The van der Waals surface area contributed by atoms with E-state index < -0.39 is 0 Å².